The van der Waals surface area contributed by atoms with E-state index < -0.39 is 28.1 Å². The molecule has 0 spiro atoms. The highest BCUT2D eigenvalue weighted by Gasteiger charge is 2.39. The molecule has 0 saturated carbocycles. The Morgan fingerprint density at radius 1 is 1.25 bits per heavy atom. The number of alkyl halides is 3. The van der Waals surface area contributed by atoms with Gasteiger partial charge in [0.2, 0.25) is 3.79 Å². The molecule has 70 valence electrons. The van der Waals surface area contributed by atoms with E-state index in [4.69, 9.17) is 45.0 Å². The Morgan fingerprint density at radius 3 is 1.75 bits per heavy atom. The SMILES string of the molecule is O=C(O)CC(C(=O)O)C(Cl)(Cl)Cl. The maximum Gasteiger partial charge on any atom is 0.311 e. The number of carboxylic acid groups (broad SMARTS) is 2. The Morgan fingerprint density at radius 2 is 1.67 bits per heavy atom. The summed E-state index contributed by atoms with van der Waals surface area (Å²) in [5, 5.41) is 16.7. The van der Waals surface area contributed by atoms with E-state index in [1.54, 1.807) is 0 Å². The lowest BCUT2D eigenvalue weighted by Gasteiger charge is -2.17. The molecule has 0 rings (SSSR count). The summed E-state index contributed by atoms with van der Waals surface area (Å²) >= 11 is 15.7. The molecule has 0 fully saturated rings. The van der Waals surface area contributed by atoms with Gasteiger partial charge in [-0.25, -0.2) is 0 Å². The van der Waals surface area contributed by atoms with Crippen molar-refractivity contribution in [3.63, 3.8) is 0 Å². The van der Waals surface area contributed by atoms with Crippen LogP contribution in [0.3, 0.4) is 0 Å². The minimum atomic E-state index is -2.09. The summed E-state index contributed by atoms with van der Waals surface area (Å²) in [5.41, 5.74) is 0. The van der Waals surface area contributed by atoms with Gasteiger partial charge in [0.05, 0.1) is 6.42 Å². The Kier molecular flexibility index (Phi) is 4.10. The van der Waals surface area contributed by atoms with Gasteiger partial charge in [0.25, 0.3) is 0 Å². The highest BCUT2D eigenvalue weighted by atomic mass is 35.6. The zero-order valence-electron chi connectivity index (χ0n) is 5.63. The van der Waals surface area contributed by atoms with Crippen LogP contribution in [0.1, 0.15) is 6.42 Å². The summed E-state index contributed by atoms with van der Waals surface area (Å²) in [6, 6.07) is 0. The number of hydrogen-bond acceptors (Lipinski definition) is 2. The zero-order chi connectivity index (χ0) is 9.94. The maximum atomic E-state index is 10.4. The van der Waals surface area contributed by atoms with Crippen molar-refractivity contribution in [3.05, 3.63) is 0 Å². The van der Waals surface area contributed by atoms with Crippen molar-refractivity contribution in [3.8, 4) is 0 Å². The molecule has 0 aliphatic carbocycles. The fraction of sp³-hybridized carbons (Fsp3) is 0.600. The predicted octanol–water partition coefficient (Wildman–Crippen LogP) is 1.53. The van der Waals surface area contributed by atoms with Crippen LogP contribution in [-0.2, 0) is 9.59 Å². The van der Waals surface area contributed by atoms with Gasteiger partial charge in [-0.15, -0.1) is 0 Å². The van der Waals surface area contributed by atoms with Crippen molar-refractivity contribution < 1.29 is 19.8 Å². The van der Waals surface area contributed by atoms with Crippen LogP contribution in [0.2, 0.25) is 0 Å². The minimum absolute atomic E-state index is 0.716. The van der Waals surface area contributed by atoms with E-state index in [0.717, 1.165) is 0 Å². The van der Waals surface area contributed by atoms with Crippen molar-refractivity contribution in [2.75, 3.05) is 0 Å². The molecule has 1 atom stereocenters. The van der Waals surface area contributed by atoms with E-state index in [9.17, 15) is 9.59 Å². The van der Waals surface area contributed by atoms with E-state index >= 15 is 0 Å². The quantitative estimate of drug-likeness (QED) is 0.728. The van der Waals surface area contributed by atoms with Gasteiger partial charge in [0.1, 0.15) is 5.92 Å². The van der Waals surface area contributed by atoms with Gasteiger partial charge in [0, 0.05) is 0 Å². The van der Waals surface area contributed by atoms with E-state index in [1.165, 1.54) is 0 Å². The summed E-state index contributed by atoms with van der Waals surface area (Å²) < 4.78 is -2.09. The summed E-state index contributed by atoms with van der Waals surface area (Å²) in [7, 11) is 0. The third kappa shape index (κ3) is 3.99. The summed E-state index contributed by atoms with van der Waals surface area (Å²) in [6.07, 6.45) is -0.716. The van der Waals surface area contributed by atoms with Crippen molar-refractivity contribution in [2.24, 2.45) is 5.92 Å². The molecule has 0 bridgehead atoms. The molecule has 0 aliphatic rings. The number of aliphatic carboxylic acids is 2. The first kappa shape index (κ1) is 11.8. The average molecular weight is 235 g/mol. The summed E-state index contributed by atoms with van der Waals surface area (Å²) in [4.78, 5) is 20.5. The number of hydrogen-bond donors (Lipinski definition) is 2. The highest BCUT2D eigenvalue weighted by molar-refractivity contribution is 6.68. The second-order valence-corrected chi connectivity index (χ2v) is 4.40. The first-order valence-corrected chi connectivity index (χ1v) is 3.90. The Hall–Kier alpha value is -0.190. The minimum Gasteiger partial charge on any atom is -0.481 e. The summed E-state index contributed by atoms with van der Waals surface area (Å²) in [6.45, 7) is 0. The molecule has 7 heteroatoms. The highest BCUT2D eigenvalue weighted by Crippen LogP contribution is 2.37. The molecule has 0 aromatic heterocycles. The van der Waals surface area contributed by atoms with E-state index in [2.05, 4.69) is 0 Å². The number of rotatable bonds is 3. The fourth-order valence-electron chi connectivity index (χ4n) is 0.518. The van der Waals surface area contributed by atoms with E-state index in [1.807, 2.05) is 0 Å². The Balaban J connectivity index is 4.46. The van der Waals surface area contributed by atoms with Crippen LogP contribution in [0.15, 0.2) is 0 Å². The molecule has 0 heterocycles. The standard InChI is InChI=1S/C5H5Cl3O4/c6-5(7,8)2(4(11)12)1-3(9)10/h2H,1H2,(H,9,10)(H,11,12). The van der Waals surface area contributed by atoms with Crippen LogP contribution < -0.4 is 0 Å². The van der Waals surface area contributed by atoms with Crippen LogP contribution in [0, 0.1) is 5.92 Å². The van der Waals surface area contributed by atoms with Crippen molar-refractivity contribution in [1.82, 2.24) is 0 Å². The lowest BCUT2D eigenvalue weighted by atomic mass is 10.1. The largest absolute Gasteiger partial charge is 0.481 e. The van der Waals surface area contributed by atoms with Gasteiger partial charge in [0.15, 0.2) is 0 Å². The smallest absolute Gasteiger partial charge is 0.311 e. The van der Waals surface area contributed by atoms with E-state index in [0.29, 0.717) is 0 Å². The molecule has 0 aromatic rings. The van der Waals surface area contributed by atoms with Crippen LogP contribution in [0.25, 0.3) is 0 Å². The predicted molar refractivity (Wildman–Crippen MR) is 43.7 cm³/mol. The molecule has 12 heavy (non-hydrogen) atoms. The average Bonchev–Trinajstić information content (AvgIpc) is 1.79. The van der Waals surface area contributed by atoms with Crippen LogP contribution >= 0.6 is 34.8 Å². The monoisotopic (exact) mass is 234 g/mol. The lowest BCUT2D eigenvalue weighted by molar-refractivity contribution is -0.148. The van der Waals surface area contributed by atoms with Crippen molar-refractivity contribution >= 4 is 46.7 Å². The number of carboxylic acids is 2. The van der Waals surface area contributed by atoms with Gasteiger partial charge < -0.3 is 10.2 Å². The molecular weight excluding hydrogens is 230 g/mol. The van der Waals surface area contributed by atoms with Crippen molar-refractivity contribution in [2.45, 2.75) is 10.2 Å². The first-order chi connectivity index (χ1) is 5.25. The topological polar surface area (TPSA) is 74.6 Å². The van der Waals surface area contributed by atoms with Crippen molar-refractivity contribution in [1.29, 1.82) is 0 Å². The van der Waals surface area contributed by atoms with Gasteiger partial charge in [-0.05, 0) is 0 Å². The molecule has 0 radical (unpaired) electrons. The van der Waals surface area contributed by atoms with Crippen LogP contribution in [0.5, 0.6) is 0 Å². The third-order valence-corrected chi connectivity index (χ3v) is 1.86. The van der Waals surface area contributed by atoms with Crippen LogP contribution in [-0.4, -0.2) is 25.9 Å². The first-order valence-electron chi connectivity index (χ1n) is 2.76. The summed E-state index contributed by atoms with van der Waals surface area (Å²) in [5.74, 6) is -4.30. The molecular formula is C5H5Cl3O4. The zero-order valence-corrected chi connectivity index (χ0v) is 7.90. The molecule has 0 aliphatic heterocycles. The second-order valence-electron chi connectivity index (χ2n) is 2.03. The fourth-order valence-corrected chi connectivity index (χ4v) is 1.03. The molecule has 4 nitrogen and oxygen atoms in total. The molecule has 2 N–H and O–H groups in total. The molecule has 0 saturated heterocycles. The molecule has 1 unspecified atom stereocenters. The van der Waals surface area contributed by atoms with Gasteiger partial charge in [-0.1, -0.05) is 34.8 Å². The Labute approximate surface area is 83.0 Å². The second kappa shape index (κ2) is 4.16. The maximum absolute atomic E-state index is 10.4. The van der Waals surface area contributed by atoms with Crippen LogP contribution in [0.4, 0.5) is 0 Å². The molecule has 0 aromatic carbocycles. The number of carbonyl (C=O) groups is 2. The van der Waals surface area contributed by atoms with Gasteiger partial charge >= 0.3 is 11.9 Å². The number of halogens is 3. The lowest BCUT2D eigenvalue weighted by Crippen LogP contribution is -2.30. The van der Waals surface area contributed by atoms with E-state index in [-0.39, 0.29) is 0 Å². The molecule has 0 amide bonds. The van der Waals surface area contributed by atoms with Gasteiger partial charge in [-0.2, -0.15) is 0 Å². The Bertz CT molecular complexity index is 197. The third-order valence-electron chi connectivity index (χ3n) is 1.07. The van der Waals surface area contributed by atoms with Gasteiger partial charge in [-0.3, -0.25) is 9.59 Å². The normalized spacial score (nSPS) is 13.9.